The van der Waals surface area contributed by atoms with Crippen LogP contribution in [0.4, 0.5) is 4.79 Å². The maximum absolute atomic E-state index is 12.2. The van der Waals surface area contributed by atoms with Crippen LogP contribution in [-0.4, -0.2) is 49.1 Å². The first-order valence-electron chi connectivity index (χ1n) is 6.79. The van der Waals surface area contributed by atoms with Crippen LogP contribution in [0.1, 0.15) is 41.5 Å². The van der Waals surface area contributed by atoms with Crippen LogP contribution in [-0.2, 0) is 19.0 Å². The summed E-state index contributed by atoms with van der Waals surface area (Å²) in [4.78, 5) is 25.5. The number of ether oxygens (including phenoxy) is 3. The topological polar surface area (TPSA) is 65.1 Å². The smallest absolute Gasteiger partial charge is 0.412 e. The molecule has 0 heterocycles. The Bertz CT molecular complexity index is 322. The van der Waals surface area contributed by atoms with Gasteiger partial charge in [-0.3, -0.25) is 4.90 Å². The van der Waals surface area contributed by atoms with Crippen molar-refractivity contribution in [1.82, 2.24) is 4.90 Å². The lowest BCUT2D eigenvalue weighted by atomic mass is 10.0. The molecular formula is C14H27NO5. The maximum Gasteiger partial charge on any atom is 0.412 e. The molecule has 6 nitrogen and oxygen atoms in total. The molecule has 6 heteroatoms. The number of rotatable bonds is 6. The fraction of sp³-hybridized carbons (Fsp3) is 0.857. The molecule has 1 atom stereocenters. The molecule has 0 unspecified atom stereocenters. The summed E-state index contributed by atoms with van der Waals surface area (Å²) in [5, 5.41) is 0. The van der Waals surface area contributed by atoms with Crippen molar-refractivity contribution in [2.24, 2.45) is 5.92 Å². The molecule has 0 rings (SSSR count). The second kappa shape index (κ2) is 8.09. The van der Waals surface area contributed by atoms with E-state index in [0.717, 1.165) is 0 Å². The maximum atomic E-state index is 12.2. The van der Waals surface area contributed by atoms with Gasteiger partial charge >= 0.3 is 12.1 Å². The molecule has 0 saturated carbocycles. The third-order valence-electron chi connectivity index (χ3n) is 2.39. The van der Waals surface area contributed by atoms with Crippen molar-refractivity contribution in [1.29, 1.82) is 0 Å². The van der Waals surface area contributed by atoms with E-state index < -0.39 is 23.7 Å². The Morgan fingerprint density at radius 1 is 1.20 bits per heavy atom. The highest BCUT2D eigenvalue weighted by molar-refractivity contribution is 5.81. The summed E-state index contributed by atoms with van der Waals surface area (Å²) >= 11 is 0. The van der Waals surface area contributed by atoms with Crippen LogP contribution in [0.2, 0.25) is 0 Å². The van der Waals surface area contributed by atoms with Crippen LogP contribution in [0, 0.1) is 5.92 Å². The predicted molar refractivity (Wildman–Crippen MR) is 75.2 cm³/mol. The van der Waals surface area contributed by atoms with Crippen molar-refractivity contribution in [2.45, 2.75) is 53.2 Å². The van der Waals surface area contributed by atoms with Crippen molar-refractivity contribution >= 4 is 12.1 Å². The van der Waals surface area contributed by atoms with Gasteiger partial charge in [0.15, 0.2) is 0 Å². The standard InChI is InChI=1S/C14H27NO5/c1-8-19-12(16)11(10(2)3)15(9-18-7)13(17)20-14(4,5)6/h10-11H,8-9H2,1-7H3/t11-/m0/s1. The van der Waals surface area contributed by atoms with Crippen LogP contribution in [0.3, 0.4) is 0 Å². The summed E-state index contributed by atoms with van der Waals surface area (Å²) in [5.74, 6) is -0.567. The number of carbonyl (C=O) groups is 2. The molecule has 0 aliphatic heterocycles. The molecule has 0 aromatic carbocycles. The molecule has 0 aromatic heterocycles. The molecule has 0 spiro atoms. The summed E-state index contributed by atoms with van der Waals surface area (Å²) in [5.41, 5.74) is -0.640. The van der Waals surface area contributed by atoms with Crippen LogP contribution < -0.4 is 0 Å². The van der Waals surface area contributed by atoms with E-state index in [1.54, 1.807) is 27.7 Å². The summed E-state index contributed by atoms with van der Waals surface area (Å²) in [6, 6.07) is -0.732. The molecule has 0 aliphatic rings. The van der Waals surface area contributed by atoms with Gasteiger partial charge in [0.2, 0.25) is 0 Å². The van der Waals surface area contributed by atoms with Crippen LogP contribution in [0.25, 0.3) is 0 Å². The Morgan fingerprint density at radius 3 is 2.10 bits per heavy atom. The Hall–Kier alpha value is -1.30. The number of esters is 1. The average Bonchev–Trinajstić information content (AvgIpc) is 2.25. The normalized spacial score (nSPS) is 13.0. The lowest BCUT2D eigenvalue weighted by Crippen LogP contribution is -2.51. The molecule has 0 radical (unpaired) electrons. The van der Waals surface area contributed by atoms with Crippen molar-refractivity contribution in [3.05, 3.63) is 0 Å². The molecular weight excluding hydrogens is 262 g/mol. The highest BCUT2D eigenvalue weighted by Crippen LogP contribution is 2.17. The van der Waals surface area contributed by atoms with Gasteiger partial charge < -0.3 is 14.2 Å². The van der Waals surface area contributed by atoms with Gasteiger partial charge in [0.25, 0.3) is 0 Å². The third-order valence-corrected chi connectivity index (χ3v) is 2.39. The summed E-state index contributed by atoms with van der Waals surface area (Å²) in [6.45, 7) is 10.9. The van der Waals surface area contributed by atoms with Crippen molar-refractivity contribution in [2.75, 3.05) is 20.4 Å². The van der Waals surface area contributed by atoms with E-state index in [1.807, 2.05) is 13.8 Å². The van der Waals surface area contributed by atoms with Gasteiger partial charge in [-0.1, -0.05) is 13.8 Å². The second-order valence-corrected chi connectivity index (χ2v) is 5.81. The molecule has 20 heavy (non-hydrogen) atoms. The Labute approximate surface area is 121 Å². The van der Waals surface area contributed by atoms with Gasteiger partial charge in [-0.2, -0.15) is 0 Å². The van der Waals surface area contributed by atoms with E-state index in [4.69, 9.17) is 14.2 Å². The molecule has 0 aliphatic carbocycles. The van der Waals surface area contributed by atoms with E-state index in [-0.39, 0.29) is 19.3 Å². The van der Waals surface area contributed by atoms with E-state index in [2.05, 4.69) is 0 Å². The molecule has 0 fully saturated rings. The largest absolute Gasteiger partial charge is 0.464 e. The minimum atomic E-state index is -0.732. The summed E-state index contributed by atoms with van der Waals surface area (Å²) in [7, 11) is 1.46. The van der Waals surface area contributed by atoms with E-state index in [0.29, 0.717) is 0 Å². The van der Waals surface area contributed by atoms with Gasteiger partial charge in [-0.25, -0.2) is 9.59 Å². The first-order valence-corrected chi connectivity index (χ1v) is 6.79. The quantitative estimate of drug-likeness (QED) is 0.555. The lowest BCUT2D eigenvalue weighted by molar-refractivity contribution is -0.153. The summed E-state index contributed by atoms with van der Waals surface area (Å²) < 4.78 is 15.4. The first kappa shape index (κ1) is 18.7. The number of hydrogen-bond donors (Lipinski definition) is 0. The van der Waals surface area contributed by atoms with Crippen LogP contribution >= 0.6 is 0 Å². The molecule has 0 saturated heterocycles. The van der Waals surface area contributed by atoms with Crippen molar-refractivity contribution < 1.29 is 23.8 Å². The Morgan fingerprint density at radius 2 is 1.75 bits per heavy atom. The highest BCUT2D eigenvalue weighted by atomic mass is 16.6. The number of methoxy groups -OCH3 is 1. The van der Waals surface area contributed by atoms with Crippen molar-refractivity contribution in [3.8, 4) is 0 Å². The molecule has 0 N–H and O–H groups in total. The minimum absolute atomic E-state index is 0.0312. The summed E-state index contributed by atoms with van der Waals surface area (Å²) in [6.07, 6.45) is -0.592. The van der Waals surface area contributed by atoms with Gasteiger partial charge in [0.05, 0.1) is 6.61 Å². The second-order valence-electron chi connectivity index (χ2n) is 5.81. The number of nitrogens with zero attached hydrogens (tertiary/aromatic N) is 1. The van der Waals surface area contributed by atoms with E-state index in [1.165, 1.54) is 12.0 Å². The van der Waals surface area contributed by atoms with E-state index in [9.17, 15) is 9.59 Å². The Kier molecular flexibility index (Phi) is 7.57. The Balaban J connectivity index is 5.17. The fourth-order valence-electron chi connectivity index (χ4n) is 1.69. The average molecular weight is 289 g/mol. The zero-order valence-electron chi connectivity index (χ0n) is 13.6. The number of carbonyl (C=O) groups excluding carboxylic acids is 2. The van der Waals surface area contributed by atoms with E-state index >= 15 is 0 Å². The SMILES string of the molecule is CCOC(=O)[C@H](C(C)C)N(COC)C(=O)OC(C)(C)C. The molecule has 0 aromatic rings. The third kappa shape index (κ3) is 6.23. The van der Waals surface area contributed by atoms with Gasteiger partial charge in [-0.15, -0.1) is 0 Å². The van der Waals surface area contributed by atoms with Gasteiger partial charge in [0, 0.05) is 7.11 Å². The zero-order chi connectivity index (χ0) is 15.9. The van der Waals surface area contributed by atoms with Crippen LogP contribution in [0.15, 0.2) is 0 Å². The monoisotopic (exact) mass is 289 g/mol. The fourth-order valence-corrected chi connectivity index (χ4v) is 1.69. The van der Waals surface area contributed by atoms with Crippen molar-refractivity contribution in [3.63, 3.8) is 0 Å². The number of hydrogen-bond acceptors (Lipinski definition) is 5. The van der Waals surface area contributed by atoms with Crippen LogP contribution in [0.5, 0.6) is 0 Å². The van der Waals surface area contributed by atoms with Gasteiger partial charge in [-0.05, 0) is 33.6 Å². The lowest BCUT2D eigenvalue weighted by Gasteiger charge is -2.33. The minimum Gasteiger partial charge on any atom is -0.464 e. The first-order chi connectivity index (χ1) is 9.14. The number of amides is 1. The molecule has 1 amide bonds. The molecule has 0 bridgehead atoms. The molecule has 118 valence electrons. The van der Waals surface area contributed by atoms with Gasteiger partial charge in [0.1, 0.15) is 18.4 Å². The highest BCUT2D eigenvalue weighted by Gasteiger charge is 2.36. The predicted octanol–water partition coefficient (Wildman–Crippen LogP) is 2.42. The zero-order valence-corrected chi connectivity index (χ0v) is 13.6.